The Hall–Kier alpha value is -0.460. The van der Waals surface area contributed by atoms with Crippen LogP contribution in [0.1, 0.15) is 13.8 Å². The molecule has 3 N–H and O–H groups in total. The van der Waals surface area contributed by atoms with Crippen LogP contribution in [0.4, 0.5) is 0 Å². The summed E-state index contributed by atoms with van der Waals surface area (Å²) in [5.41, 5.74) is 5.85. The van der Waals surface area contributed by atoms with Gasteiger partial charge in [-0.25, -0.2) is 0 Å². The van der Waals surface area contributed by atoms with Gasteiger partial charge < -0.3 is 25.0 Å². The molecule has 0 aromatic carbocycles. The highest BCUT2D eigenvalue weighted by Crippen LogP contribution is 2.48. The minimum atomic E-state index is -3.27. The fraction of sp³-hybridized carbons (Fsp3) is 0.909. The summed E-state index contributed by atoms with van der Waals surface area (Å²) in [5, 5.41) is 3.16. The van der Waals surface area contributed by atoms with Crippen LogP contribution >= 0.6 is 7.60 Å². The fourth-order valence-corrected chi connectivity index (χ4v) is 3.68. The van der Waals surface area contributed by atoms with Crippen LogP contribution in [0.2, 0.25) is 0 Å². The molecule has 1 aliphatic rings. The molecule has 1 atom stereocenters. The third kappa shape index (κ3) is 5.20. The van der Waals surface area contributed by atoms with Gasteiger partial charge in [0.25, 0.3) is 0 Å². The average Bonchev–Trinajstić information content (AvgIpc) is 2.39. The molecule has 0 aromatic heterocycles. The third-order valence-electron chi connectivity index (χ3n) is 2.82. The zero-order valence-electron chi connectivity index (χ0n) is 11.6. The van der Waals surface area contributed by atoms with Gasteiger partial charge in [0.2, 0.25) is 5.91 Å². The van der Waals surface area contributed by atoms with Crippen LogP contribution in [0, 0.1) is 0 Å². The monoisotopic (exact) mass is 293 g/mol. The van der Waals surface area contributed by atoms with Crippen molar-refractivity contribution in [1.82, 2.24) is 10.2 Å². The second kappa shape index (κ2) is 7.97. The van der Waals surface area contributed by atoms with Crippen molar-refractivity contribution in [2.45, 2.75) is 19.9 Å². The molecule has 0 aromatic rings. The van der Waals surface area contributed by atoms with E-state index in [4.69, 9.17) is 14.8 Å². The van der Waals surface area contributed by atoms with E-state index in [1.54, 1.807) is 18.7 Å². The highest BCUT2D eigenvalue weighted by atomic mass is 31.2. The quantitative estimate of drug-likeness (QED) is 0.642. The number of amides is 1. The molecule has 0 saturated carbocycles. The van der Waals surface area contributed by atoms with Crippen LogP contribution in [0.5, 0.6) is 0 Å². The van der Waals surface area contributed by atoms with Crippen LogP contribution in [0.15, 0.2) is 0 Å². The first-order valence-electron chi connectivity index (χ1n) is 6.65. The molecule has 0 aliphatic carbocycles. The number of nitrogens with two attached hydrogens (primary N) is 1. The minimum absolute atomic E-state index is 0.0720. The second-order valence-electron chi connectivity index (χ2n) is 4.31. The maximum Gasteiger partial charge on any atom is 0.332 e. The van der Waals surface area contributed by atoms with Gasteiger partial charge in [-0.3, -0.25) is 9.36 Å². The van der Waals surface area contributed by atoms with Gasteiger partial charge in [0.15, 0.2) is 0 Å². The first-order chi connectivity index (χ1) is 9.02. The molecule has 7 nitrogen and oxygen atoms in total. The van der Waals surface area contributed by atoms with Crippen molar-refractivity contribution in [3.05, 3.63) is 0 Å². The molecule has 0 spiro atoms. The van der Waals surface area contributed by atoms with Gasteiger partial charge in [0.1, 0.15) is 0 Å². The number of hydrogen-bond donors (Lipinski definition) is 2. The van der Waals surface area contributed by atoms with E-state index in [2.05, 4.69) is 5.32 Å². The Morgan fingerprint density at radius 3 is 2.32 bits per heavy atom. The Balaban J connectivity index is 2.57. The number of piperazine rings is 1. The Labute approximate surface area is 114 Å². The molecule has 1 fully saturated rings. The van der Waals surface area contributed by atoms with Crippen molar-refractivity contribution in [2.75, 3.05) is 45.6 Å². The molecule has 0 radical (unpaired) electrons. The first-order valence-corrected chi connectivity index (χ1v) is 8.38. The summed E-state index contributed by atoms with van der Waals surface area (Å²) >= 11 is 0. The van der Waals surface area contributed by atoms with Crippen LogP contribution in [0.25, 0.3) is 0 Å². The first kappa shape index (κ1) is 16.6. The maximum absolute atomic E-state index is 12.3. The molecular formula is C11H24N3O4P. The maximum atomic E-state index is 12.3. The van der Waals surface area contributed by atoms with Crippen molar-refractivity contribution >= 4 is 13.5 Å². The summed E-state index contributed by atoms with van der Waals surface area (Å²) in [7, 11) is -3.27. The zero-order chi connectivity index (χ0) is 14.3. The van der Waals surface area contributed by atoms with Gasteiger partial charge in [-0.05, 0) is 13.8 Å². The average molecular weight is 293 g/mol. The minimum Gasteiger partial charge on any atom is -0.339 e. The summed E-state index contributed by atoms with van der Waals surface area (Å²) < 4.78 is 22.6. The lowest BCUT2D eigenvalue weighted by molar-refractivity contribution is -0.132. The van der Waals surface area contributed by atoms with Crippen LogP contribution in [-0.2, 0) is 18.4 Å². The number of carbonyl (C=O) groups is 1. The van der Waals surface area contributed by atoms with E-state index in [1.165, 1.54) is 0 Å². The topological polar surface area (TPSA) is 93.9 Å². The van der Waals surface area contributed by atoms with Crippen molar-refractivity contribution in [3.8, 4) is 0 Å². The summed E-state index contributed by atoms with van der Waals surface area (Å²) in [5.74, 6) is -0.193. The number of carbonyl (C=O) groups excluding carboxylic acids is 1. The molecule has 112 valence electrons. The largest absolute Gasteiger partial charge is 0.339 e. The van der Waals surface area contributed by atoms with Gasteiger partial charge in [-0.1, -0.05) is 0 Å². The smallest absolute Gasteiger partial charge is 0.332 e. The van der Waals surface area contributed by atoms with E-state index in [0.717, 1.165) is 13.1 Å². The SMILES string of the molecule is CCOP(=O)(CC(N)C(=O)N1CCNCC1)OCC. The summed E-state index contributed by atoms with van der Waals surface area (Å²) in [6.45, 7) is 6.77. The Bertz CT molecular complexity index is 324. The van der Waals surface area contributed by atoms with Crippen LogP contribution in [0.3, 0.4) is 0 Å². The molecule has 1 amide bonds. The van der Waals surface area contributed by atoms with Crippen molar-refractivity contribution in [3.63, 3.8) is 0 Å². The van der Waals surface area contributed by atoms with Gasteiger partial charge in [0.05, 0.1) is 25.4 Å². The number of nitrogens with zero attached hydrogens (tertiary/aromatic N) is 1. The van der Waals surface area contributed by atoms with E-state index in [0.29, 0.717) is 13.1 Å². The predicted molar refractivity (Wildman–Crippen MR) is 73.2 cm³/mol. The molecule has 1 aliphatic heterocycles. The number of rotatable bonds is 7. The van der Waals surface area contributed by atoms with Gasteiger partial charge in [-0.15, -0.1) is 0 Å². The highest BCUT2D eigenvalue weighted by molar-refractivity contribution is 7.53. The Kier molecular flexibility index (Phi) is 6.96. The zero-order valence-corrected chi connectivity index (χ0v) is 12.5. The molecule has 19 heavy (non-hydrogen) atoms. The summed E-state index contributed by atoms with van der Waals surface area (Å²) in [6.07, 6.45) is -0.0720. The second-order valence-corrected chi connectivity index (χ2v) is 6.41. The number of nitrogens with one attached hydrogen (secondary N) is 1. The molecule has 1 unspecified atom stereocenters. The van der Waals surface area contributed by atoms with E-state index in [-0.39, 0.29) is 25.3 Å². The third-order valence-corrected chi connectivity index (χ3v) is 4.96. The lowest BCUT2D eigenvalue weighted by Crippen LogP contribution is -2.52. The van der Waals surface area contributed by atoms with Crippen LogP contribution < -0.4 is 11.1 Å². The molecule has 8 heteroatoms. The summed E-state index contributed by atoms with van der Waals surface area (Å²) in [6, 6.07) is -0.845. The van der Waals surface area contributed by atoms with Gasteiger partial charge in [-0.2, -0.15) is 0 Å². The fourth-order valence-electron chi connectivity index (χ4n) is 1.97. The van der Waals surface area contributed by atoms with Gasteiger partial charge in [0, 0.05) is 26.2 Å². The van der Waals surface area contributed by atoms with Crippen molar-refractivity contribution < 1.29 is 18.4 Å². The Morgan fingerprint density at radius 2 is 1.84 bits per heavy atom. The van der Waals surface area contributed by atoms with Gasteiger partial charge >= 0.3 is 7.60 Å². The van der Waals surface area contributed by atoms with Crippen LogP contribution in [-0.4, -0.2) is 62.4 Å². The van der Waals surface area contributed by atoms with Crippen molar-refractivity contribution in [1.29, 1.82) is 0 Å². The van der Waals surface area contributed by atoms with E-state index >= 15 is 0 Å². The molecule has 1 rings (SSSR count). The standard InChI is InChI=1S/C11H24N3O4P/c1-3-17-19(16,18-4-2)9-10(12)11(15)14-7-5-13-6-8-14/h10,13H,3-9,12H2,1-2H3. The lowest BCUT2D eigenvalue weighted by Gasteiger charge is -2.30. The number of hydrogen-bond acceptors (Lipinski definition) is 6. The van der Waals surface area contributed by atoms with E-state index in [9.17, 15) is 9.36 Å². The molecular weight excluding hydrogens is 269 g/mol. The highest BCUT2D eigenvalue weighted by Gasteiger charge is 2.32. The molecule has 0 bridgehead atoms. The summed E-state index contributed by atoms with van der Waals surface area (Å²) in [4.78, 5) is 13.8. The lowest BCUT2D eigenvalue weighted by atomic mass is 10.2. The molecule has 1 saturated heterocycles. The van der Waals surface area contributed by atoms with E-state index in [1.807, 2.05) is 0 Å². The van der Waals surface area contributed by atoms with Crippen molar-refractivity contribution in [2.24, 2.45) is 5.73 Å². The Morgan fingerprint density at radius 1 is 1.32 bits per heavy atom. The predicted octanol–water partition coefficient (Wildman–Crippen LogP) is 0.0116. The molecule has 1 heterocycles. The normalized spacial score (nSPS) is 18.4. The van der Waals surface area contributed by atoms with E-state index < -0.39 is 13.6 Å².